The molecule has 0 heterocycles. The highest BCUT2D eigenvalue weighted by molar-refractivity contribution is 5.26. The van der Waals surface area contributed by atoms with E-state index in [0.717, 1.165) is 23.7 Å². The van der Waals surface area contributed by atoms with Crippen molar-refractivity contribution >= 4 is 0 Å². The Bertz CT molecular complexity index is 515. The van der Waals surface area contributed by atoms with Crippen molar-refractivity contribution in [3.63, 3.8) is 0 Å². The molecule has 1 aromatic carbocycles. The molecule has 3 rings (SSSR count). The predicted octanol–water partition coefficient (Wildman–Crippen LogP) is 7.69. The number of hydrogen-bond donors (Lipinski definition) is 0. The summed E-state index contributed by atoms with van der Waals surface area (Å²) in [5, 5.41) is 0. The first-order valence-electron chi connectivity index (χ1n) is 11.0. The molecule has 1 aromatic rings. The summed E-state index contributed by atoms with van der Waals surface area (Å²) in [5.41, 5.74) is 3.15. The van der Waals surface area contributed by atoms with E-state index in [2.05, 4.69) is 50.3 Å². The van der Waals surface area contributed by atoms with Crippen LogP contribution in [0.4, 0.5) is 0 Å². The average molecular weight is 339 g/mol. The highest BCUT2D eigenvalue weighted by Gasteiger charge is 2.30. The lowest BCUT2D eigenvalue weighted by Crippen LogP contribution is -2.23. The van der Waals surface area contributed by atoms with Gasteiger partial charge in [0.1, 0.15) is 0 Å². The molecule has 2 unspecified atom stereocenters. The molecule has 2 aliphatic carbocycles. The Morgan fingerprint density at radius 2 is 1.64 bits per heavy atom. The van der Waals surface area contributed by atoms with Gasteiger partial charge in [0.2, 0.25) is 0 Å². The van der Waals surface area contributed by atoms with Crippen LogP contribution in [0.2, 0.25) is 0 Å². The molecule has 1 saturated carbocycles. The molecule has 25 heavy (non-hydrogen) atoms. The minimum atomic E-state index is 0.796. The molecule has 0 saturated heterocycles. The minimum absolute atomic E-state index is 0.796. The zero-order chi connectivity index (χ0) is 17.5. The smallest absolute Gasteiger partial charge is 0.0131 e. The molecule has 2 aliphatic rings. The number of aryl methyl sites for hydroxylation is 1. The van der Waals surface area contributed by atoms with Crippen LogP contribution in [0.3, 0.4) is 0 Å². The summed E-state index contributed by atoms with van der Waals surface area (Å²) >= 11 is 0. The molecule has 2 atom stereocenters. The van der Waals surface area contributed by atoms with E-state index >= 15 is 0 Å². The van der Waals surface area contributed by atoms with Gasteiger partial charge >= 0.3 is 0 Å². The zero-order valence-corrected chi connectivity index (χ0v) is 16.6. The maximum Gasteiger partial charge on any atom is -0.0131 e. The van der Waals surface area contributed by atoms with Gasteiger partial charge in [-0.25, -0.2) is 0 Å². The van der Waals surface area contributed by atoms with E-state index in [-0.39, 0.29) is 0 Å². The van der Waals surface area contributed by atoms with E-state index in [1.807, 2.05) is 0 Å². The summed E-state index contributed by atoms with van der Waals surface area (Å²) in [7, 11) is 0. The Hall–Kier alpha value is -1.04. The molecular formula is C25H38. The molecule has 0 spiro atoms. The summed E-state index contributed by atoms with van der Waals surface area (Å²) in [6, 6.07) is 9.76. The summed E-state index contributed by atoms with van der Waals surface area (Å²) in [6.45, 7) is 4.66. The van der Waals surface area contributed by atoms with Gasteiger partial charge in [-0.3, -0.25) is 0 Å². The number of benzene rings is 1. The molecule has 0 aromatic heterocycles. The molecule has 0 bridgehead atoms. The fraction of sp³-hybridized carbons (Fsp3) is 0.680. The maximum atomic E-state index is 2.47. The summed E-state index contributed by atoms with van der Waals surface area (Å²) in [5.74, 6) is 3.63. The minimum Gasteiger partial charge on any atom is -0.0885 e. The third kappa shape index (κ3) is 5.22. The summed E-state index contributed by atoms with van der Waals surface area (Å²) in [4.78, 5) is 0. The Balaban J connectivity index is 1.72. The van der Waals surface area contributed by atoms with Gasteiger partial charge in [-0.2, -0.15) is 0 Å². The van der Waals surface area contributed by atoms with Crippen molar-refractivity contribution in [2.24, 2.45) is 17.8 Å². The van der Waals surface area contributed by atoms with Crippen LogP contribution < -0.4 is 0 Å². The lowest BCUT2D eigenvalue weighted by molar-refractivity contribution is 0.215. The molecule has 0 aliphatic heterocycles. The van der Waals surface area contributed by atoms with Gasteiger partial charge in [0.05, 0.1) is 0 Å². The average Bonchev–Trinajstić information content (AvgIpc) is 2.68. The Kier molecular flexibility index (Phi) is 7.20. The zero-order valence-electron chi connectivity index (χ0n) is 16.6. The molecule has 0 radical (unpaired) electrons. The Morgan fingerprint density at radius 3 is 2.24 bits per heavy atom. The lowest BCUT2D eigenvalue weighted by Gasteiger charge is -2.36. The second-order valence-corrected chi connectivity index (χ2v) is 8.67. The topological polar surface area (TPSA) is 0 Å². The van der Waals surface area contributed by atoms with Crippen LogP contribution in [0.1, 0.15) is 95.1 Å². The van der Waals surface area contributed by atoms with Crippen LogP contribution in [-0.2, 0) is 6.42 Å². The van der Waals surface area contributed by atoms with Crippen LogP contribution in [0.25, 0.3) is 0 Å². The second-order valence-electron chi connectivity index (χ2n) is 8.67. The van der Waals surface area contributed by atoms with Crippen molar-refractivity contribution in [3.8, 4) is 0 Å². The molecule has 0 nitrogen and oxygen atoms in total. The van der Waals surface area contributed by atoms with Crippen molar-refractivity contribution in [1.29, 1.82) is 0 Å². The van der Waals surface area contributed by atoms with Gasteiger partial charge in [0.25, 0.3) is 0 Å². The summed E-state index contributed by atoms with van der Waals surface area (Å²) in [6.07, 6.45) is 20.0. The van der Waals surface area contributed by atoms with Crippen molar-refractivity contribution in [3.05, 3.63) is 47.5 Å². The first-order valence-corrected chi connectivity index (χ1v) is 11.0. The van der Waals surface area contributed by atoms with E-state index in [4.69, 9.17) is 0 Å². The monoisotopic (exact) mass is 338 g/mol. The largest absolute Gasteiger partial charge is 0.0885 e. The number of rotatable bonds is 7. The predicted molar refractivity (Wildman–Crippen MR) is 110 cm³/mol. The van der Waals surface area contributed by atoms with Gasteiger partial charge < -0.3 is 0 Å². The van der Waals surface area contributed by atoms with Crippen molar-refractivity contribution in [1.82, 2.24) is 0 Å². The van der Waals surface area contributed by atoms with E-state index < -0.39 is 0 Å². The van der Waals surface area contributed by atoms with E-state index in [1.54, 1.807) is 5.56 Å². The third-order valence-electron chi connectivity index (χ3n) is 6.95. The van der Waals surface area contributed by atoms with Crippen molar-refractivity contribution < 1.29 is 0 Å². The molecule has 0 heteroatoms. The fourth-order valence-corrected chi connectivity index (χ4v) is 5.25. The molecule has 138 valence electrons. The highest BCUT2D eigenvalue weighted by atomic mass is 14.3. The molecular weight excluding hydrogens is 300 g/mol. The standard InChI is InChI=1S/C25H38/c1-3-8-21-13-17-24(18-14-21)25(19-22-9-6-5-7-10-22)23-15-11-20(4-2)12-16-23/h5-6,13-14,17-18,20,22-23,25H,3-4,7-12,15-16,19H2,1-2H3. The summed E-state index contributed by atoms with van der Waals surface area (Å²) < 4.78 is 0. The van der Waals surface area contributed by atoms with Gasteiger partial charge in [0.15, 0.2) is 0 Å². The second kappa shape index (κ2) is 9.60. The van der Waals surface area contributed by atoms with Crippen molar-refractivity contribution in [2.45, 2.75) is 90.4 Å². The SMILES string of the molecule is CCCc1ccc(C(CC2CC=CCC2)C2CCC(CC)CC2)cc1. The highest BCUT2D eigenvalue weighted by Crippen LogP contribution is 2.43. The van der Waals surface area contributed by atoms with Crippen LogP contribution in [0.5, 0.6) is 0 Å². The van der Waals surface area contributed by atoms with E-state index in [1.165, 1.54) is 76.2 Å². The maximum absolute atomic E-state index is 2.47. The molecule has 0 amide bonds. The lowest BCUT2D eigenvalue weighted by atomic mass is 9.69. The van der Waals surface area contributed by atoms with Crippen LogP contribution in [0.15, 0.2) is 36.4 Å². The Labute approximate surface area is 156 Å². The van der Waals surface area contributed by atoms with Gasteiger partial charge in [-0.1, -0.05) is 75.9 Å². The third-order valence-corrected chi connectivity index (χ3v) is 6.95. The Morgan fingerprint density at radius 1 is 0.880 bits per heavy atom. The van der Waals surface area contributed by atoms with Gasteiger partial charge in [-0.15, -0.1) is 0 Å². The molecule has 1 fully saturated rings. The van der Waals surface area contributed by atoms with E-state index in [9.17, 15) is 0 Å². The quantitative estimate of drug-likeness (QED) is 0.447. The van der Waals surface area contributed by atoms with Crippen molar-refractivity contribution in [2.75, 3.05) is 0 Å². The van der Waals surface area contributed by atoms with Gasteiger partial charge in [0, 0.05) is 0 Å². The fourth-order valence-electron chi connectivity index (χ4n) is 5.25. The van der Waals surface area contributed by atoms with Crippen LogP contribution >= 0.6 is 0 Å². The van der Waals surface area contributed by atoms with E-state index in [0.29, 0.717) is 0 Å². The number of hydrogen-bond acceptors (Lipinski definition) is 0. The molecule has 0 N–H and O–H groups in total. The first kappa shape index (κ1) is 18.7. The van der Waals surface area contributed by atoms with Gasteiger partial charge in [-0.05, 0) is 79.7 Å². The first-order chi connectivity index (χ1) is 12.3. The van der Waals surface area contributed by atoms with Crippen LogP contribution in [0, 0.1) is 17.8 Å². The number of allylic oxidation sites excluding steroid dienone is 2. The normalized spacial score (nSPS) is 28.0. The van der Waals surface area contributed by atoms with Crippen LogP contribution in [-0.4, -0.2) is 0 Å².